The van der Waals surface area contributed by atoms with Crippen molar-refractivity contribution in [3.63, 3.8) is 0 Å². The van der Waals surface area contributed by atoms with Gasteiger partial charge in [0.05, 0.1) is 35.9 Å². The molecule has 43 heavy (non-hydrogen) atoms. The Labute approximate surface area is 260 Å². The van der Waals surface area contributed by atoms with Gasteiger partial charge in [-0.25, -0.2) is 9.18 Å². The lowest BCUT2D eigenvalue weighted by molar-refractivity contribution is 0.0122. The summed E-state index contributed by atoms with van der Waals surface area (Å²) in [6.45, 7) is 16.0. The number of ether oxygens (including phenoxy) is 3. The minimum atomic E-state index is -0.562. The number of carbonyl (C=O) groups is 1. The van der Waals surface area contributed by atoms with Gasteiger partial charge in [0.25, 0.3) is 0 Å². The summed E-state index contributed by atoms with van der Waals surface area (Å²) in [6, 6.07) is 2.58. The predicted molar refractivity (Wildman–Crippen MR) is 166 cm³/mol. The third-order valence-electron chi connectivity index (χ3n) is 9.69. The maximum absolute atomic E-state index is 15.9. The normalized spacial score (nSPS) is 27.7. The van der Waals surface area contributed by atoms with E-state index in [1.807, 2.05) is 38.7 Å². The fourth-order valence-electron chi connectivity index (χ4n) is 7.32. The Kier molecular flexibility index (Phi) is 7.17. The van der Waals surface area contributed by atoms with Crippen molar-refractivity contribution in [1.29, 1.82) is 0 Å². The van der Waals surface area contributed by atoms with E-state index in [0.29, 0.717) is 53.1 Å². The molecular weight excluding hydrogens is 617 g/mol. The van der Waals surface area contributed by atoms with Gasteiger partial charge in [0.2, 0.25) is 0 Å². The van der Waals surface area contributed by atoms with Gasteiger partial charge >= 0.3 is 12.1 Å². The molecule has 2 unspecified atom stereocenters. The van der Waals surface area contributed by atoms with Gasteiger partial charge in [-0.2, -0.15) is 9.97 Å². The molecule has 1 amide bonds. The van der Waals surface area contributed by atoms with E-state index in [1.165, 1.54) is 0 Å². The lowest BCUT2D eigenvalue weighted by atomic mass is 10.0. The minimum Gasteiger partial charge on any atom is -0.463 e. The largest absolute Gasteiger partial charge is 0.463 e. The van der Waals surface area contributed by atoms with Crippen LogP contribution < -0.4 is 9.64 Å². The first-order chi connectivity index (χ1) is 20.4. The van der Waals surface area contributed by atoms with Gasteiger partial charge in [0, 0.05) is 43.0 Å². The average Bonchev–Trinajstić information content (AvgIpc) is 3.23. The molecule has 4 bridgehead atoms. The Morgan fingerprint density at radius 2 is 1.91 bits per heavy atom. The molecule has 2 aromatic rings. The fraction of sp³-hybridized carbons (Fsp3) is 0.656. The van der Waals surface area contributed by atoms with E-state index in [4.69, 9.17) is 19.2 Å². The molecule has 5 fully saturated rings. The van der Waals surface area contributed by atoms with Crippen molar-refractivity contribution < 1.29 is 23.4 Å². The van der Waals surface area contributed by atoms with Crippen LogP contribution in [0.3, 0.4) is 0 Å². The van der Waals surface area contributed by atoms with Crippen LogP contribution in [0.25, 0.3) is 16.5 Å². The number of allylic oxidation sites excluding steroid dienone is 1. The molecule has 0 N–H and O–H groups in total. The van der Waals surface area contributed by atoms with Crippen LogP contribution in [0, 0.1) is 11.2 Å². The molecule has 0 spiro atoms. The molecule has 1 aromatic heterocycles. The van der Waals surface area contributed by atoms with E-state index in [1.54, 1.807) is 0 Å². The van der Waals surface area contributed by atoms with Crippen molar-refractivity contribution in [2.24, 2.45) is 5.41 Å². The number of likely N-dealkylation sites (tertiary alicyclic amines) is 1. The van der Waals surface area contributed by atoms with E-state index >= 15 is 4.39 Å². The summed E-state index contributed by atoms with van der Waals surface area (Å²) in [5.41, 5.74) is 1.15. The lowest BCUT2D eigenvalue weighted by Gasteiger charge is -2.42. The number of rotatable bonds is 7. The Hall–Kier alpha value is -2.50. The second kappa shape index (κ2) is 10.5. The number of morpholine rings is 1. The number of amides is 1. The standard InChI is InChI=1S/C32H41BrFN5O4/c1-18(2)23-11-24-27(26(34)25(23)33)35-29(42-17-32(8-9-32)16-38-14-22-10-21(38)15-41-22)36-28(24)37-12-19-6-7-20(13-37)39(19)30(40)43-31(3,4)5/h11,19-22H,1,6-10,12-17H2,2-5H3/t19?,20?,21-,22-/m0/s1. The lowest BCUT2D eigenvalue weighted by Crippen LogP contribution is -2.57. The van der Waals surface area contributed by atoms with Gasteiger partial charge in [-0.1, -0.05) is 6.58 Å². The Bertz CT molecular complexity index is 1460. The zero-order valence-electron chi connectivity index (χ0n) is 25.5. The maximum atomic E-state index is 15.9. The highest BCUT2D eigenvalue weighted by Crippen LogP contribution is 2.48. The molecule has 4 aliphatic heterocycles. The van der Waals surface area contributed by atoms with Crippen LogP contribution in [0.5, 0.6) is 6.01 Å². The third kappa shape index (κ3) is 5.50. The molecule has 9 nitrogen and oxygen atoms in total. The number of hydrogen-bond donors (Lipinski definition) is 0. The van der Waals surface area contributed by atoms with Gasteiger partial charge in [-0.3, -0.25) is 9.80 Å². The number of nitrogens with zero attached hydrogens (tertiary/aromatic N) is 5. The van der Waals surface area contributed by atoms with E-state index < -0.39 is 11.4 Å². The molecule has 7 rings (SSSR count). The molecule has 4 atom stereocenters. The number of anilines is 1. The summed E-state index contributed by atoms with van der Waals surface area (Å²) < 4.78 is 34.1. The third-order valence-corrected chi connectivity index (χ3v) is 10.5. The minimum absolute atomic E-state index is 0.0154. The van der Waals surface area contributed by atoms with Crippen molar-refractivity contribution in [3.8, 4) is 6.01 Å². The molecule has 0 radical (unpaired) electrons. The van der Waals surface area contributed by atoms with Crippen molar-refractivity contribution in [3.05, 3.63) is 28.5 Å². The molecule has 1 aromatic carbocycles. The van der Waals surface area contributed by atoms with Crippen LogP contribution >= 0.6 is 15.9 Å². The van der Waals surface area contributed by atoms with E-state index in [-0.39, 0.29) is 35.1 Å². The number of aromatic nitrogens is 2. The zero-order valence-corrected chi connectivity index (χ0v) is 27.1. The number of hydrogen-bond acceptors (Lipinski definition) is 8. The van der Waals surface area contributed by atoms with Crippen LogP contribution in [-0.4, -0.2) is 95.1 Å². The van der Waals surface area contributed by atoms with Crippen molar-refractivity contribution >= 4 is 44.3 Å². The van der Waals surface area contributed by atoms with Crippen molar-refractivity contribution in [2.45, 2.75) is 89.6 Å². The maximum Gasteiger partial charge on any atom is 0.410 e. The predicted octanol–water partition coefficient (Wildman–Crippen LogP) is 5.78. The first kappa shape index (κ1) is 29.2. The second-order valence-corrected chi connectivity index (χ2v) is 15.1. The fourth-order valence-corrected chi connectivity index (χ4v) is 7.96. The average molecular weight is 659 g/mol. The summed E-state index contributed by atoms with van der Waals surface area (Å²) in [5, 5.41) is 0.616. The molecule has 5 heterocycles. The quantitative estimate of drug-likeness (QED) is 0.371. The van der Waals surface area contributed by atoms with Crippen LogP contribution in [0.2, 0.25) is 0 Å². The second-order valence-electron chi connectivity index (χ2n) is 14.3. The number of carbonyl (C=O) groups excluding carboxylic acids is 1. The molecule has 11 heteroatoms. The van der Waals surface area contributed by atoms with Crippen LogP contribution in [-0.2, 0) is 9.47 Å². The van der Waals surface area contributed by atoms with Gasteiger partial charge in [0.1, 0.15) is 16.9 Å². The monoisotopic (exact) mass is 657 g/mol. The first-order valence-corrected chi connectivity index (χ1v) is 16.3. The van der Waals surface area contributed by atoms with Crippen LogP contribution in [0.4, 0.5) is 15.0 Å². The highest BCUT2D eigenvalue weighted by molar-refractivity contribution is 9.10. The summed E-state index contributed by atoms with van der Waals surface area (Å²) >= 11 is 3.44. The van der Waals surface area contributed by atoms with Gasteiger partial charge in [-0.05, 0) is 92.9 Å². The smallest absolute Gasteiger partial charge is 0.410 e. The topological polar surface area (TPSA) is 80.3 Å². The molecule has 1 aliphatic carbocycles. The Morgan fingerprint density at radius 3 is 2.49 bits per heavy atom. The highest BCUT2D eigenvalue weighted by Gasteiger charge is 2.50. The van der Waals surface area contributed by atoms with E-state index in [0.717, 1.165) is 57.4 Å². The summed E-state index contributed by atoms with van der Waals surface area (Å²) in [5.74, 6) is 0.182. The van der Waals surface area contributed by atoms with Crippen LogP contribution in [0.15, 0.2) is 17.1 Å². The van der Waals surface area contributed by atoms with E-state index in [2.05, 4.69) is 37.3 Å². The molecular formula is C32H41BrFN5O4. The SMILES string of the molecule is C=C(C)c1cc2c(N3CC4CCC(C3)N4C(=O)OC(C)(C)C)nc(OCC3(CN4C[C@@H]5C[C@H]4CO5)CC3)nc2c(F)c1Br. The highest BCUT2D eigenvalue weighted by atomic mass is 79.9. The number of fused-ring (bicyclic) bond motifs is 5. The molecule has 1 saturated carbocycles. The molecule has 232 valence electrons. The Balaban J connectivity index is 1.18. The summed E-state index contributed by atoms with van der Waals surface area (Å²) in [6.07, 6.45) is 5.18. The van der Waals surface area contributed by atoms with Crippen LogP contribution in [0.1, 0.15) is 65.4 Å². The van der Waals surface area contributed by atoms with Gasteiger partial charge < -0.3 is 19.1 Å². The number of piperazine rings is 1. The van der Waals surface area contributed by atoms with Gasteiger partial charge in [-0.15, -0.1) is 0 Å². The number of halogens is 2. The molecule has 4 saturated heterocycles. The van der Waals surface area contributed by atoms with Crippen molar-refractivity contribution in [1.82, 2.24) is 19.8 Å². The first-order valence-electron chi connectivity index (χ1n) is 15.5. The van der Waals surface area contributed by atoms with Crippen molar-refractivity contribution in [2.75, 3.05) is 44.3 Å². The number of benzene rings is 1. The summed E-state index contributed by atoms with van der Waals surface area (Å²) in [7, 11) is 0. The van der Waals surface area contributed by atoms with Gasteiger partial charge in [0.15, 0.2) is 5.82 Å². The Morgan fingerprint density at radius 1 is 1.19 bits per heavy atom. The van der Waals surface area contributed by atoms with E-state index in [9.17, 15) is 4.79 Å². The summed E-state index contributed by atoms with van der Waals surface area (Å²) in [4.78, 5) is 29.3. The zero-order chi connectivity index (χ0) is 30.3. The molecule has 5 aliphatic rings.